The van der Waals surface area contributed by atoms with Gasteiger partial charge in [0, 0.05) is 5.56 Å². The van der Waals surface area contributed by atoms with E-state index >= 15 is 0 Å². The fourth-order valence-electron chi connectivity index (χ4n) is 2.85. The van der Waals surface area contributed by atoms with Crippen LogP contribution in [-0.2, 0) is 10.2 Å². The number of hydrogen-bond acceptors (Lipinski definition) is 5. The van der Waals surface area contributed by atoms with Gasteiger partial charge < -0.3 is 15.5 Å². The highest BCUT2D eigenvalue weighted by molar-refractivity contribution is 6.05. The summed E-state index contributed by atoms with van der Waals surface area (Å²) in [6.45, 7) is 0. The number of amides is 1. The summed E-state index contributed by atoms with van der Waals surface area (Å²) in [4.78, 5) is 27.7. The topological polar surface area (TPSA) is 123 Å². The van der Waals surface area contributed by atoms with E-state index in [1.54, 1.807) is 18.2 Å². The molecule has 1 aliphatic rings. The van der Waals surface area contributed by atoms with Crippen molar-refractivity contribution in [3.8, 4) is 11.9 Å². The summed E-state index contributed by atoms with van der Waals surface area (Å²) < 4.78 is 0. The van der Waals surface area contributed by atoms with E-state index in [4.69, 9.17) is 5.26 Å². The van der Waals surface area contributed by atoms with E-state index in [2.05, 4.69) is 10.3 Å². The summed E-state index contributed by atoms with van der Waals surface area (Å²) in [5.41, 5.74) is -0.0762. The van der Waals surface area contributed by atoms with Gasteiger partial charge in [-0.05, 0) is 43.2 Å². The molecule has 1 aromatic carbocycles. The minimum Gasteiger partial charge on any atom is -0.492 e. The number of aromatic hydroxyl groups is 1. The van der Waals surface area contributed by atoms with Gasteiger partial charge in [0.25, 0.3) is 5.91 Å². The van der Waals surface area contributed by atoms with E-state index in [-0.39, 0.29) is 16.9 Å². The number of benzene rings is 1. The maximum absolute atomic E-state index is 12.2. The van der Waals surface area contributed by atoms with Gasteiger partial charge in [-0.1, -0.05) is 12.5 Å². The van der Waals surface area contributed by atoms with Crippen molar-refractivity contribution in [2.75, 3.05) is 5.32 Å². The van der Waals surface area contributed by atoms with Gasteiger partial charge in [0.2, 0.25) is 5.88 Å². The van der Waals surface area contributed by atoms with E-state index in [0.29, 0.717) is 18.4 Å². The van der Waals surface area contributed by atoms with E-state index in [9.17, 15) is 19.8 Å². The number of pyridine rings is 1. The highest BCUT2D eigenvalue weighted by Gasteiger charge is 2.47. The molecule has 126 valence electrons. The molecule has 25 heavy (non-hydrogen) atoms. The highest BCUT2D eigenvalue weighted by atomic mass is 16.4. The second kappa shape index (κ2) is 6.24. The van der Waals surface area contributed by atoms with Gasteiger partial charge in [-0.2, -0.15) is 5.26 Å². The quantitative estimate of drug-likeness (QED) is 0.787. The predicted molar refractivity (Wildman–Crippen MR) is 88.2 cm³/mol. The van der Waals surface area contributed by atoms with Gasteiger partial charge in [0.1, 0.15) is 11.1 Å². The number of nitrogens with one attached hydrogen (secondary N) is 1. The molecule has 0 saturated heterocycles. The van der Waals surface area contributed by atoms with Gasteiger partial charge >= 0.3 is 5.97 Å². The Kier molecular flexibility index (Phi) is 4.11. The molecule has 7 heteroatoms. The summed E-state index contributed by atoms with van der Waals surface area (Å²) >= 11 is 0. The number of nitriles is 1. The summed E-state index contributed by atoms with van der Waals surface area (Å²) in [5.74, 6) is -1.90. The van der Waals surface area contributed by atoms with E-state index < -0.39 is 23.2 Å². The predicted octanol–water partition coefficient (Wildman–Crippen LogP) is 2.42. The van der Waals surface area contributed by atoms with Crippen molar-refractivity contribution in [2.45, 2.75) is 24.7 Å². The zero-order valence-electron chi connectivity index (χ0n) is 13.2. The van der Waals surface area contributed by atoms with Crippen LogP contribution in [0.1, 0.15) is 40.9 Å². The third-order valence-electron chi connectivity index (χ3n) is 4.48. The van der Waals surface area contributed by atoms with Crippen LogP contribution in [0.15, 0.2) is 36.4 Å². The van der Waals surface area contributed by atoms with Gasteiger partial charge in [-0.3, -0.25) is 9.59 Å². The number of carbonyl (C=O) groups is 2. The first-order valence-electron chi connectivity index (χ1n) is 7.72. The Labute approximate surface area is 143 Å². The normalized spacial score (nSPS) is 14.8. The Morgan fingerprint density at radius 2 is 2.00 bits per heavy atom. The van der Waals surface area contributed by atoms with Gasteiger partial charge in [-0.25, -0.2) is 4.98 Å². The molecule has 0 atom stereocenters. The number of nitrogens with zero attached hydrogens (tertiary/aromatic N) is 2. The van der Waals surface area contributed by atoms with Crippen LogP contribution in [0.25, 0.3) is 0 Å². The average molecular weight is 337 g/mol. The zero-order valence-corrected chi connectivity index (χ0v) is 13.2. The number of hydrogen-bond donors (Lipinski definition) is 3. The number of carboxylic acid groups (broad SMARTS) is 1. The number of carboxylic acids is 1. The van der Waals surface area contributed by atoms with Crippen molar-refractivity contribution in [3.63, 3.8) is 0 Å². The molecule has 7 nitrogen and oxygen atoms in total. The van der Waals surface area contributed by atoms with Crippen molar-refractivity contribution in [3.05, 3.63) is 53.2 Å². The van der Waals surface area contributed by atoms with Crippen LogP contribution >= 0.6 is 0 Å². The van der Waals surface area contributed by atoms with Crippen LogP contribution in [0.3, 0.4) is 0 Å². The molecule has 1 heterocycles. The molecule has 3 N–H and O–H groups in total. The lowest BCUT2D eigenvalue weighted by Gasteiger charge is -2.37. The third kappa shape index (κ3) is 2.90. The van der Waals surface area contributed by atoms with Crippen molar-refractivity contribution in [1.82, 2.24) is 4.98 Å². The summed E-state index contributed by atoms with van der Waals surface area (Å²) in [7, 11) is 0. The molecule has 3 rings (SSSR count). The molecular weight excluding hydrogens is 322 g/mol. The van der Waals surface area contributed by atoms with E-state index in [1.165, 1.54) is 18.2 Å². The highest BCUT2D eigenvalue weighted by Crippen LogP contribution is 2.44. The van der Waals surface area contributed by atoms with Crippen LogP contribution < -0.4 is 5.32 Å². The maximum atomic E-state index is 12.2. The fourth-order valence-corrected chi connectivity index (χ4v) is 2.85. The minimum absolute atomic E-state index is 0.0796. The number of rotatable bonds is 4. The average Bonchev–Trinajstić information content (AvgIpc) is 2.55. The van der Waals surface area contributed by atoms with E-state index in [1.807, 2.05) is 6.07 Å². The lowest BCUT2D eigenvalue weighted by Crippen LogP contribution is -2.43. The van der Waals surface area contributed by atoms with Crippen LogP contribution in [0, 0.1) is 11.3 Å². The Morgan fingerprint density at radius 3 is 2.56 bits per heavy atom. The summed E-state index contributed by atoms with van der Waals surface area (Å²) in [6.07, 6.45) is 1.74. The van der Waals surface area contributed by atoms with Crippen LogP contribution in [-0.4, -0.2) is 27.1 Å². The molecule has 0 radical (unpaired) electrons. The Balaban J connectivity index is 1.83. The Bertz CT molecular complexity index is 897. The third-order valence-corrected chi connectivity index (χ3v) is 4.48. The largest absolute Gasteiger partial charge is 0.492 e. The van der Waals surface area contributed by atoms with Crippen molar-refractivity contribution < 1.29 is 19.8 Å². The second-order valence-corrected chi connectivity index (χ2v) is 5.96. The maximum Gasteiger partial charge on any atom is 0.315 e. The fraction of sp³-hybridized carbons (Fsp3) is 0.222. The molecule has 1 saturated carbocycles. The van der Waals surface area contributed by atoms with Crippen LogP contribution in [0.5, 0.6) is 5.88 Å². The monoisotopic (exact) mass is 337 g/mol. The molecule has 1 aliphatic carbocycles. The molecule has 1 amide bonds. The van der Waals surface area contributed by atoms with Crippen LogP contribution in [0.4, 0.5) is 5.69 Å². The smallest absolute Gasteiger partial charge is 0.315 e. The lowest BCUT2D eigenvalue weighted by atomic mass is 9.66. The molecule has 0 aliphatic heterocycles. The second-order valence-electron chi connectivity index (χ2n) is 5.96. The van der Waals surface area contributed by atoms with Gasteiger partial charge in [-0.15, -0.1) is 0 Å². The molecule has 0 unspecified atom stereocenters. The Morgan fingerprint density at radius 1 is 1.24 bits per heavy atom. The van der Waals surface area contributed by atoms with E-state index in [0.717, 1.165) is 6.42 Å². The molecule has 0 bridgehead atoms. The van der Waals surface area contributed by atoms with Gasteiger partial charge in [0.05, 0.1) is 17.3 Å². The SMILES string of the molecule is N#Cc1cccc(C(=O)Nc2ccc(C3(C(=O)O)CCC3)nc2O)c1. The minimum atomic E-state index is -1.05. The first-order valence-corrected chi connectivity index (χ1v) is 7.72. The number of aromatic nitrogens is 1. The van der Waals surface area contributed by atoms with Crippen molar-refractivity contribution in [1.29, 1.82) is 5.26 Å². The van der Waals surface area contributed by atoms with Crippen molar-refractivity contribution in [2.24, 2.45) is 0 Å². The summed E-state index contributed by atoms with van der Waals surface area (Å²) in [6, 6.07) is 11.0. The Hall–Kier alpha value is -3.40. The number of anilines is 1. The number of aliphatic carboxylic acids is 1. The molecule has 1 fully saturated rings. The first-order chi connectivity index (χ1) is 12.0. The summed E-state index contributed by atoms with van der Waals surface area (Å²) in [5, 5.41) is 30.9. The molecule has 2 aromatic rings. The number of carbonyl (C=O) groups excluding carboxylic acids is 1. The molecule has 1 aromatic heterocycles. The lowest BCUT2D eigenvalue weighted by molar-refractivity contribution is -0.147. The van der Waals surface area contributed by atoms with Gasteiger partial charge in [0.15, 0.2) is 0 Å². The molecule has 0 spiro atoms. The first kappa shape index (κ1) is 16.5. The zero-order chi connectivity index (χ0) is 18.0. The molecular formula is C18H15N3O4. The standard InChI is InChI=1S/C18H15N3O4/c19-10-11-3-1-4-12(9-11)15(22)20-13-5-6-14(21-16(13)23)18(17(24)25)7-2-8-18/h1,3-6,9H,2,7-8H2,(H,20,22)(H,21,23)(H,24,25). The van der Waals surface area contributed by atoms with Crippen LogP contribution in [0.2, 0.25) is 0 Å². The van der Waals surface area contributed by atoms with Crippen molar-refractivity contribution >= 4 is 17.6 Å².